The highest BCUT2D eigenvalue weighted by molar-refractivity contribution is 6.55. The minimum Gasteiger partial charge on any atom is -0.287 e. The lowest BCUT2D eigenvalue weighted by molar-refractivity contribution is -0.111. The topological polar surface area (TPSA) is 17.1 Å². The first-order valence-corrected chi connectivity index (χ1v) is 8.39. The molecule has 2 aromatic rings. The smallest absolute Gasteiger partial charge is 0.215 e. The van der Waals surface area contributed by atoms with E-state index in [1.54, 1.807) is 12.2 Å². The fraction of sp³-hybridized carbons (Fsp3) is 0.0952. The maximum absolute atomic E-state index is 11.8. The van der Waals surface area contributed by atoms with Gasteiger partial charge in [-0.1, -0.05) is 82.9 Å². The fourth-order valence-electron chi connectivity index (χ4n) is 2.64. The van der Waals surface area contributed by atoms with Gasteiger partial charge in [-0.05, 0) is 48.3 Å². The van der Waals surface area contributed by atoms with Crippen LogP contribution in [-0.4, -0.2) is 5.78 Å². The van der Waals surface area contributed by atoms with Crippen LogP contribution in [0.5, 0.6) is 0 Å². The zero-order chi connectivity index (χ0) is 17.3. The molecule has 0 bridgehead atoms. The number of rotatable bonds is 2. The van der Waals surface area contributed by atoms with E-state index < -0.39 is 0 Å². The molecule has 0 aromatic heterocycles. The van der Waals surface area contributed by atoms with Gasteiger partial charge in [-0.2, -0.15) is 0 Å². The fourth-order valence-corrected chi connectivity index (χ4v) is 3.13. The first kappa shape index (κ1) is 16.8. The van der Waals surface area contributed by atoms with Crippen molar-refractivity contribution < 1.29 is 4.79 Å². The van der Waals surface area contributed by atoms with Gasteiger partial charge >= 0.3 is 0 Å². The quantitative estimate of drug-likeness (QED) is 0.652. The van der Waals surface area contributed by atoms with Crippen molar-refractivity contribution in [2.24, 2.45) is 0 Å². The second-order valence-corrected chi connectivity index (χ2v) is 6.69. The first-order chi connectivity index (χ1) is 11.5. The average molecular weight is 355 g/mol. The third-order valence-corrected chi connectivity index (χ3v) is 4.53. The van der Waals surface area contributed by atoms with Gasteiger partial charge in [-0.25, -0.2) is 0 Å². The Labute approximate surface area is 151 Å². The van der Waals surface area contributed by atoms with Crippen LogP contribution in [0.2, 0.25) is 0 Å². The van der Waals surface area contributed by atoms with E-state index >= 15 is 0 Å². The van der Waals surface area contributed by atoms with E-state index in [-0.39, 0.29) is 15.8 Å². The van der Waals surface area contributed by atoms with Crippen molar-refractivity contribution in [3.63, 3.8) is 0 Å². The molecule has 0 fully saturated rings. The number of benzene rings is 2. The van der Waals surface area contributed by atoms with Gasteiger partial charge in [-0.3, -0.25) is 4.79 Å². The number of aryl methyl sites for hydroxylation is 2. The summed E-state index contributed by atoms with van der Waals surface area (Å²) in [6, 6.07) is 16.5. The van der Waals surface area contributed by atoms with Gasteiger partial charge in [0.25, 0.3) is 0 Å². The monoisotopic (exact) mass is 354 g/mol. The molecular weight excluding hydrogens is 339 g/mol. The van der Waals surface area contributed by atoms with Crippen LogP contribution in [0.15, 0.2) is 76.3 Å². The summed E-state index contributed by atoms with van der Waals surface area (Å²) in [5, 5.41) is 0.267. The lowest BCUT2D eigenvalue weighted by atomic mass is 9.90. The maximum atomic E-state index is 11.8. The van der Waals surface area contributed by atoms with Crippen LogP contribution >= 0.6 is 23.2 Å². The van der Waals surface area contributed by atoms with Crippen LogP contribution < -0.4 is 0 Å². The molecule has 0 heterocycles. The van der Waals surface area contributed by atoms with Crippen LogP contribution in [0, 0.1) is 13.8 Å². The molecule has 2 aromatic carbocycles. The summed E-state index contributed by atoms with van der Waals surface area (Å²) in [6.45, 7) is 4.10. The Bertz CT molecular complexity index is 811. The predicted octanol–water partition coefficient (Wildman–Crippen LogP) is 5.93. The summed E-state index contributed by atoms with van der Waals surface area (Å²) in [4.78, 5) is 11.8. The molecule has 3 rings (SSSR count). The number of carbonyl (C=O) groups is 1. The van der Waals surface area contributed by atoms with E-state index in [1.165, 1.54) is 11.1 Å². The second-order valence-electron chi connectivity index (χ2n) is 5.88. The highest BCUT2D eigenvalue weighted by atomic mass is 35.5. The number of Topliss-reactive ketones (excluding diaryl/α,β-unsaturated/α-hetero) is 1. The van der Waals surface area contributed by atoms with Crippen molar-refractivity contribution in [1.29, 1.82) is 0 Å². The molecule has 0 aliphatic heterocycles. The molecule has 0 radical (unpaired) electrons. The number of allylic oxidation sites excluding steroid dienone is 5. The van der Waals surface area contributed by atoms with Crippen molar-refractivity contribution >= 4 is 34.6 Å². The molecule has 0 spiro atoms. The Morgan fingerprint density at radius 3 is 1.46 bits per heavy atom. The molecule has 0 atom stereocenters. The number of hydrogen-bond acceptors (Lipinski definition) is 1. The molecule has 0 amide bonds. The minimum atomic E-state index is -0.339. The molecule has 1 nitrogen and oxygen atoms in total. The van der Waals surface area contributed by atoms with Gasteiger partial charge in [0.15, 0.2) is 0 Å². The van der Waals surface area contributed by atoms with Crippen molar-refractivity contribution in [3.05, 3.63) is 98.6 Å². The Morgan fingerprint density at radius 2 is 1.08 bits per heavy atom. The highest BCUT2D eigenvalue weighted by Gasteiger charge is 2.20. The third-order valence-electron chi connectivity index (χ3n) is 3.97. The average Bonchev–Trinajstić information content (AvgIpc) is 2.56. The van der Waals surface area contributed by atoms with Crippen LogP contribution in [-0.2, 0) is 4.79 Å². The first-order valence-electron chi connectivity index (χ1n) is 7.63. The van der Waals surface area contributed by atoms with Gasteiger partial charge in [0.1, 0.15) is 0 Å². The summed E-state index contributed by atoms with van der Waals surface area (Å²) in [6.07, 6.45) is 3.37. The molecule has 0 saturated heterocycles. The standard InChI is InChI=1S/C21H16Cl2O/c1-13-3-7-15(8-4-13)20(16-9-5-14(2)6-10-16)17-11-18(22)21(24)19(23)12-17/h3-12H,1-2H3. The van der Waals surface area contributed by atoms with E-state index in [0.29, 0.717) is 0 Å². The van der Waals surface area contributed by atoms with Crippen LogP contribution in [0.25, 0.3) is 5.57 Å². The van der Waals surface area contributed by atoms with Gasteiger partial charge in [0.2, 0.25) is 5.78 Å². The molecule has 1 aliphatic rings. The van der Waals surface area contributed by atoms with Crippen LogP contribution in [0.4, 0.5) is 0 Å². The normalized spacial score (nSPS) is 14.3. The van der Waals surface area contributed by atoms with Crippen LogP contribution in [0.1, 0.15) is 22.3 Å². The van der Waals surface area contributed by atoms with E-state index in [1.807, 2.05) is 0 Å². The highest BCUT2D eigenvalue weighted by Crippen LogP contribution is 2.34. The van der Waals surface area contributed by atoms with Gasteiger partial charge in [0.05, 0.1) is 10.1 Å². The predicted molar refractivity (Wildman–Crippen MR) is 101 cm³/mol. The molecular formula is C21H16Cl2O. The second kappa shape index (κ2) is 6.80. The maximum Gasteiger partial charge on any atom is 0.215 e. The van der Waals surface area contributed by atoms with Gasteiger partial charge in [-0.15, -0.1) is 0 Å². The van der Waals surface area contributed by atoms with Gasteiger partial charge in [0, 0.05) is 0 Å². The van der Waals surface area contributed by atoms with Crippen molar-refractivity contribution in [1.82, 2.24) is 0 Å². The zero-order valence-corrected chi connectivity index (χ0v) is 14.9. The number of carbonyl (C=O) groups excluding carboxylic acids is 1. The molecule has 3 heteroatoms. The Balaban J connectivity index is 2.26. The van der Waals surface area contributed by atoms with Gasteiger partial charge < -0.3 is 0 Å². The van der Waals surface area contributed by atoms with Crippen molar-refractivity contribution in [2.75, 3.05) is 0 Å². The molecule has 0 saturated carbocycles. The number of ketones is 1. The zero-order valence-electron chi connectivity index (χ0n) is 13.4. The lowest BCUT2D eigenvalue weighted by Crippen LogP contribution is -2.05. The molecule has 0 N–H and O–H groups in total. The van der Waals surface area contributed by atoms with Crippen LogP contribution in [0.3, 0.4) is 0 Å². The molecule has 120 valence electrons. The summed E-state index contributed by atoms with van der Waals surface area (Å²) in [5.41, 5.74) is 6.31. The van der Waals surface area contributed by atoms with E-state index in [4.69, 9.17) is 23.2 Å². The lowest BCUT2D eigenvalue weighted by Gasteiger charge is -2.16. The Hall–Kier alpha value is -2.09. The summed E-state index contributed by atoms with van der Waals surface area (Å²) in [5.74, 6) is -0.339. The molecule has 1 aliphatic carbocycles. The molecule has 24 heavy (non-hydrogen) atoms. The Morgan fingerprint density at radius 1 is 0.708 bits per heavy atom. The molecule has 0 unspecified atom stereocenters. The van der Waals surface area contributed by atoms with Crippen molar-refractivity contribution in [2.45, 2.75) is 13.8 Å². The number of halogens is 2. The SMILES string of the molecule is Cc1ccc(C(=C2C=C(Cl)C(=O)C(Cl)=C2)c2ccc(C)cc2)cc1. The summed E-state index contributed by atoms with van der Waals surface area (Å²) >= 11 is 12.2. The largest absolute Gasteiger partial charge is 0.287 e. The minimum absolute atomic E-state index is 0.134. The summed E-state index contributed by atoms with van der Waals surface area (Å²) in [7, 11) is 0. The third kappa shape index (κ3) is 3.38. The number of hydrogen-bond donors (Lipinski definition) is 0. The van der Waals surface area contributed by atoms with E-state index in [2.05, 4.69) is 62.4 Å². The summed E-state index contributed by atoms with van der Waals surface area (Å²) < 4.78 is 0. The van der Waals surface area contributed by atoms with Crippen molar-refractivity contribution in [3.8, 4) is 0 Å². The Kier molecular flexibility index (Phi) is 4.75. The van der Waals surface area contributed by atoms with E-state index in [0.717, 1.165) is 22.3 Å². The van der Waals surface area contributed by atoms with E-state index in [9.17, 15) is 4.79 Å².